The molecule has 1 aromatic rings. The van der Waals surface area contributed by atoms with E-state index in [-0.39, 0.29) is 18.0 Å². The average Bonchev–Trinajstić information content (AvgIpc) is 2.48. The molecule has 0 fully saturated rings. The fraction of sp³-hybridized carbons (Fsp3) is 0.375. The molecule has 0 aliphatic carbocycles. The molecule has 1 heterocycles. The first-order valence-corrected chi connectivity index (χ1v) is 4.02. The summed E-state index contributed by atoms with van der Waals surface area (Å²) < 4.78 is 1.35. The Kier molecular flexibility index (Phi) is 2.85. The maximum Gasteiger partial charge on any atom is 0.339 e. The van der Waals surface area contributed by atoms with Gasteiger partial charge in [0, 0.05) is 7.05 Å². The van der Waals surface area contributed by atoms with Gasteiger partial charge in [-0.25, -0.2) is 4.79 Å². The van der Waals surface area contributed by atoms with E-state index in [1.807, 2.05) is 0 Å². The molecule has 0 radical (unpaired) electrons. The monoisotopic (exact) mass is 197 g/mol. The number of carbonyl (C=O) groups excluding carboxylic acids is 1. The van der Waals surface area contributed by atoms with Crippen molar-refractivity contribution in [3.63, 3.8) is 0 Å². The van der Waals surface area contributed by atoms with Gasteiger partial charge in [-0.05, 0) is 6.92 Å². The van der Waals surface area contributed by atoms with Crippen molar-refractivity contribution in [1.82, 2.24) is 15.1 Å². The molecule has 14 heavy (non-hydrogen) atoms. The molecule has 0 atom stereocenters. The first-order chi connectivity index (χ1) is 6.56. The van der Waals surface area contributed by atoms with Gasteiger partial charge in [-0.3, -0.25) is 9.48 Å². The summed E-state index contributed by atoms with van der Waals surface area (Å²) in [7, 11) is 1.51. The van der Waals surface area contributed by atoms with Gasteiger partial charge < -0.3 is 10.4 Å². The molecule has 1 aromatic heterocycles. The van der Waals surface area contributed by atoms with Crippen molar-refractivity contribution in [2.75, 3.05) is 7.05 Å². The average molecular weight is 197 g/mol. The van der Waals surface area contributed by atoms with Gasteiger partial charge in [0.1, 0.15) is 12.1 Å². The number of carbonyl (C=O) groups is 2. The standard InChI is InChI=1S/C8H11N3O3/c1-5-6(8(13)14)3-10-11(5)4-7(12)9-2/h3H,4H2,1-2H3,(H,9,12)(H,13,14). The van der Waals surface area contributed by atoms with Crippen molar-refractivity contribution in [2.45, 2.75) is 13.5 Å². The summed E-state index contributed by atoms with van der Waals surface area (Å²) in [6.45, 7) is 1.65. The number of hydrogen-bond donors (Lipinski definition) is 2. The van der Waals surface area contributed by atoms with Gasteiger partial charge in [-0.1, -0.05) is 0 Å². The number of aromatic carboxylic acids is 1. The lowest BCUT2D eigenvalue weighted by Crippen LogP contribution is -2.24. The first kappa shape index (κ1) is 10.2. The first-order valence-electron chi connectivity index (χ1n) is 4.02. The molecule has 1 amide bonds. The van der Waals surface area contributed by atoms with Gasteiger partial charge in [0.25, 0.3) is 0 Å². The van der Waals surface area contributed by atoms with E-state index >= 15 is 0 Å². The smallest absolute Gasteiger partial charge is 0.339 e. The van der Waals surface area contributed by atoms with Crippen molar-refractivity contribution in [2.24, 2.45) is 0 Å². The van der Waals surface area contributed by atoms with Gasteiger partial charge in [0.15, 0.2) is 0 Å². The number of carboxylic acid groups (broad SMARTS) is 1. The van der Waals surface area contributed by atoms with E-state index in [1.54, 1.807) is 6.92 Å². The van der Waals surface area contributed by atoms with Gasteiger partial charge in [-0.15, -0.1) is 0 Å². The summed E-state index contributed by atoms with van der Waals surface area (Å²) in [5.74, 6) is -1.25. The molecule has 0 aliphatic heterocycles. The van der Waals surface area contributed by atoms with Crippen LogP contribution in [0.15, 0.2) is 6.20 Å². The van der Waals surface area contributed by atoms with Gasteiger partial charge in [0.2, 0.25) is 5.91 Å². The molecule has 0 bridgehead atoms. The molecule has 6 heteroatoms. The predicted molar refractivity (Wildman–Crippen MR) is 48.0 cm³/mol. The third kappa shape index (κ3) is 1.90. The fourth-order valence-electron chi connectivity index (χ4n) is 1.03. The number of aromatic nitrogens is 2. The lowest BCUT2D eigenvalue weighted by molar-refractivity contribution is -0.121. The summed E-state index contributed by atoms with van der Waals surface area (Å²) in [4.78, 5) is 21.6. The minimum atomic E-state index is -1.04. The molecule has 0 aromatic carbocycles. The third-order valence-electron chi connectivity index (χ3n) is 1.91. The lowest BCUT2D eigenvalue weighted by atomic mass is 10.3. The Balaban J connectivity index is 2.90. The Labute approximate surface area is 80.5 Å². The molecule has 0 saturated carbocycles. The van der Waals surface area contributed by atoms with Gasteiger partial charge in [-0.2, -0.15) is 5.10 Å². The summed E-state index contributed by atoms with van der Waals surface area (Å²) >= 11 is 0. The summed E-state index contributed by atoms with van der Waals surface area (Å²) in [5, 5.41) is 14.9. The lowest BCUT2D eigenvalue weighted by Gasteiger charge is -2.02. The van der Waals surface area contributed by atoms with Crippen LogP contribution in [0.1, 0.15) is 16.1 Å². The predicted octanol–water partition coefficient (Wildman–Crippen LogP) is -0.364. The molecular weight excluding hydrogens is 186 g/mol. The number of likely N-dealkylation sites (N-methyl/N-ethyl adjacent to an activating group) is 1. The van der Waals surface area contributed by atoms with E-state index in [2.05, 4.69) is 10.4 Å². The van der Waals surface area contributed by atoms with E-state index in [0.29, 0.717) is 5.69 Å². The highest BCUT2D eigenvalue weighted by Gasteiger charge is 2.13. The second-order valence-electron chi connectivity index (χ2n) is 2.78. The van der Waals surface area contributed by atoms with Crippen LogP contribution >= 0.6 is 0 Å². The maximum absolute atomic E-state index is 11.0. The molecule has 76 valence electrons. The van der Waals surface area contributed by atoms with Crippen LogP contribution in [0.5, 0.6) is 0 Å². The second-order valence-corrected chi connectivity index (χ2v) is 2.78. The summed E-state index contributed by atoms with van der Waals surface area (Å²) in [5.41, 5.74) is 0.593. The highest BCUT2D eigenvalue weighted by atomic mass is 16.4. The van der Waals surface area contributed by atoms with Crippen LogP contribution in [0, 0.1) is 6.92 Å². The van der Waals surface area contributed by atoms with E-state index in [4.69, 9.17) is 5.11 Å². The molecule has 1 rings (SSSR count). The summed E-state index contributed by atoms with van der Waals surface area (Å²) in [6, 6.07) is 0. The van der Waals surface area contributed by atoms with Crippen molar-refractivity contribution in [3.05, 3.63) is 17.5 Å². The van der Waals surface area contributed by atoms with Crippen molar-refractivity contribution in [3.8, 4) is 0 Å². The Hall–Kier alpha value is -1.85. The van der Waals surface area contributed by atoms with E-state index in [9.17, 15) is 9.59 Å². The molecule has 0 aliphatic rings. The van der Waals surface area contributed by atoms with E-state index in [1.165, 1.54) is 17.9 Å². The van der Waals surface area contributed by atoms with Crippen LogP contribution in [-0.4, -0.2) is 33.8 Å². The molecule has 2 N–H and O–H groups in total. The number of nitrogens with one attached hydrogen (secondary N) is 1. The zero-order chi connectivity index (χ0) is 10.7. The third-order valence-corrected chi connectivity index (χ3v) is 1.91. The Morgan fingerprint density at radius 2 is 2.29 bits per heavy atom. The van der Waals surface area contributed by atoms with Crippen LogP contribution in [0.3, 0.4) is 0 Å². The number of hydrogen-bond acceptors (Lipinski definition) is 3. The van der Waals surface area contributed by atoms with Crippen LogP contribution in [0.4, 0.5) is 0 Å². The fourth-order valence-corrected chi connectivity index (χ4v) is 1.03. The molecule has 0 unspecified atom stereocenters. The SMILES string of the molecule is CNC(=O)Cn1ncc(C(=O)O)c1C. The van der Waals surface area contributed by atoms with Crippen LogP contribution in [-0.2, 0) is 11.3 Å². The Morgan fingerprint density at radius 1 is 1.64 bits per heavy atom. The summed E-state index contributed by atoms with van der Waals surface area (Å²) in [6.07, 6.45) is 1.24. The largest absolute Gasteiger partial charge is 0.478 e. The van der Waals surface area contributed by atoms with E-state index in [0.717, 1.165) is 0 Å². The maximum atomic E-state index is 11.0. The van der Waals surface area contributed by atoms with Gasteiger partial charge in [0.05, 0.1) is 11.9 Å². The zero-order valence-corrected chi connectivity index (χ0v) is 7.94. The van der Waals surface area contributed by atoms with Crippen molar-refractivity contribution in [1.29, 1.82) is 0 Å². The Morgan fingerprint density at radius 3 is 2.71 bits per heavy atom. The van der Waals surface area contributed by atoms with E-state index < -0.39 is 5.97 Å². The highest BCUT2D eigenvalue weighted by molar-refractivity contribution is 5.88. The molecule has 6 nitrogen and oxygen atoms in total. The van der Waals surface area contributed by atoms with Crippen molar-refractivity contribution < 1.29 is 14.7 Å². The molecule has 0 spiro atoms. The Bertz CT molecular complexity index is 370. The van der Waals surface area contributed by atoms with Crippen molar-refractivity contribution >= 4 is 11.9 Å². The minimum Gasteiger partial charge on any atom is -0.478 e. The molecule has 0 saturated heterocycles. The number of carboxylic acids is 1. The van der Waals surface area contributed by atoms with Crippen LogP contribution < -0.4 is 5.32 Å². The normalized spacial score (nSPS) is 9.86. The van der Waals surface area contributed by atoms with Crippen LogP contribution in [0.2, 0.25) is 0 Å². The molecular formula is C8H11N3O3. The zero-order valence-electron chi connectivity index (χ0n) is 7.94. The highest BCUT2D eigenvalue weighted by Crippen LogP contribution is 2.06. The number of rotatable bonds is 3. The topological polar surface area (TPSA) is 84.2 Å². The quantitative estimate of drug-likeness (QED) is 0.692. The number of nitrogens with zero attached hydrogens (tertiary/aromatic N) is 2. The minimum absolute atomic E-state index is 0.0373. The van der Waals surface area contributed by atoms with Gasteiger partial charge >= 0.3 is 5.97 Å². The van der Waals surface area contributed by atoms with Crippen LogP contribution in [0.25, 0.3) is 0 Å². The second kappa shape index (κ2) is 3.91. The number of amides is 1.